The number of methoxy groups -OCH3 is 1. The Kier molecular flexibility index (Phi) is 6.93. The predicted octanol–water partition coefficient (Wildman–Crippen LogP) is 5.06. The second-order valence-corrected chi connectivity index (χ2v) is 8.05. The first-order chi connectivity index (χ1) is 16.0. The Labute approximate surface area is 194 Å². The monoisotopic (exact) mass is 443 g/mol. The van der Waals surface area contributed by atoms with Crippen molar-refractivity contribution >= 4 is 16.9 Å². The number of nitrogens with one attached hydrogen (secondary N) is 1. The van der Waals surface area contributed by atoms with Crippen LogP contribution in [0.25, 0.3) is 11.0 Å². The van der Waals surface area contributed by atoms with Gasteiger partial charge in [0.2, 0.25) is 0 Å². The first-order valence-corrected chi connectivity index (χ1v) is 11.1. The van der Waals surface area contributed by atoms with Crippen molar-refractivity contribution in [3.8, 4) is 11.5 Å². The molecule has 0 saturated heterocycles. The zero-order valence-corrected chi connectivity index (χ0v) is 19.3. The molecular weight excluding hydrogens is 414 g/mol. The molecule has 6 nitrogen and oxygen atoms in total. The summed E-state index contributed by atoms with van der Waals surface area (Å²) in [5, 5.41) is 3.04. The average molecular weight is 444 g/mol. The molecule has 0 aliphatic rings. The Morgan fingerprint density at radius 1 is 1.00 bits per heavy atom. The van der Waals surface area contributed by atoms with E-state index in [0.717, 1.165) is 52.4 Å². The molecule has 0 aliphatic carbocycles. The van der Waals surface area contributed by atoms with Crippen LogP contribution in [0.4, 0.5) is 0 Å². The number of aryl methyl sites for hydroxylation is 3. The normalized spacial score (nSPS) is 10.9. The smallest absolute Gasteiger partial charge is 0.251 e. The van der Waals surface area contributed by atoms with Crippen LogP contribution in [-0.2, 0) is 13.1 Å². The lowest BCUT2D eigenvalue weighted by atomic mass is 10.1. The van der Waals surface area contributed by atoms with Crippen LogP contribution >= 0.6 is 0 Å². The van der Waals surface area contributed by atoms with Gasteiger partial charge in [-0.05, 0) is 56.2 Å². The minimum absolute atomic E-state index is 0.0903. The number of nitrogens with zero attached hydrogens (tertiary/aromatic N) is 2. The molecule has 1 heterocycles. The molecular formula is C27H29N3O3. The summed E-state index contributed by atoms with van der Waals surface area (Å²) in [7, 11) is 1.64. The number of imidazole rings is 1. The molecule has 0 unspecified atom stereocenters. The van der Waals surface area contributed by atoms with Crippen molar-refractivity contribution in [1.29, 1.82) is 0 Å². The molecule has 0 aliphatic heterocycles. The van der Waals surface area contributed by atoms with Gasteiger partial charge in [-0.15, -0.1) is 0 Å². The Hall–Kier alpha value is -3.80. The van der Waals surface area contributed by atoms with Gasteiger partial charge in [0.25, 0.3) is 5.91 Å². The minimum atomic E-state index is -0.0903. The Morgan fingerprint density at radius 3 is 2.64 bits per heavy atom. The number of hydrogen-bond donors (Lipinski definition) is 1. The number of rotatable bonds is 9. The number of aromatic nitrogens is 2. The number of para-hydroxylation sites is 2. The summed E-state index contributed by atoms with van der Waals surface area (Å²) in [6.45, 7) is 5.64. The van der Waals surface area contributed by atoms with Crippen LogP contribution in [0.3, 0.4) is 0 Å². The summed E-state index contributed by atoms with van der Waals surface area (Å²) in [6.07, 6.45) is 0.801. The molecule has 1 N–H and O–H groups in total. The molecule has 0 saturated carbocycles. The lowest BCUT2D eigenvalue weighted by molar-refractivity contribution is 0.0949. The molecule has 4 aromatic rings. The maximum atomic E-state index is 12.8. The number of carbonyl (C=O) groups is 1. The van der Waals surface area contributed by atoms with E-state index >= 15 is 0 Å². The van der Waals surface area contributed by atoms with Gasteiger partial charge in [0, 0.05) is 18.2 Å². The molecule has 0 atom stereocenters. The minimum Gasteiger partial charge on any atom is -0.497 e. The highest BCUT2D eigenvalue weighted by molar-refractivity contribution is 5.95. The van der Waals surface area contributed by atoms with Crippen molar-refractivity contribution in [2.45, 2.75) is 33.4 Å². The third-order valence-corrected chi connectivity index (χ3v) is 5.60. The zero-order valence-electron chi connectivity index (χ0n) is 19.3. The van der Waals surface area contributed by atoms with E-state index in [-0.39, 0.29) is 5.91 Å². The summed E-state index contributed by atoms with van der Waals surface area (Å²) < 4.78 is 13.3. The van der Waals surface area contributed by atoms with E-state index < -0.39 is 0 Å². The highest BCUT2D eigenvalue weighted by Gasteiger charge is 2.13. The van der Waals surface area contributed by atoms with E-state index in [2.05, 4.69) is 16.0 Å². The second-order valence-electron chi connectivity index (χ2n) is 8.05. The van der Waals surface area contributed by atoms with E-state index in [1.165, 1.54) is 0 Å². The van der Waals surface area contributed by atoms with Gasteiger partial charge in [-0.2, -0.15) is 0 Å². The van der Waals surface area contributed by atoms with Crippen LogP contribution in [0, 0.1) is 13.8 Å². The van der Waals surface area contributed by atoms with Gasteiger partial charge < -0.3 is 19.4 Å². The maximum absolute atomic E-state index is 12.8. The molecule has 4 rings (SSSR count). The van der Waals surface area contributed by atoms with Crippen molar-refractivity contribution in [3.63, 3.8) is 0 Å². The number of hydrogen-bond acceptors (Lipinski definition) is 4. The summed E-state index contributed by atoms with van der Waals surface area (Å²) in [5.41, 5.74) is 4.77. The quantitative estimate of drug-likeness (QED) is 0.367. The molecule has 1 amide bonds. The van der Waals surface area contributed by atoms with E-state index in [1.807, 2.05) is 74.5 Å². The molecule has 0 fully saturated rings. The Bertz CT molecular complexity index is 1260. The molecule has 0 bridgehead atoms. The van der Waals surface area contributed by atoms with Gasteiger partial charge in [0.15, 0.2) is 0 Å². The highest BCUT2D eigenvalue weighted by atomic mass is 16.5. The molecule has 6 heteroatoms. The Balaban J connectivity index is 1.43. The number of ether oxygens (including phenoxy) is 2. The molecule has 1 aromatic heterocycles. The third kappa shape index (κ3) is 5.34. The third-order valence-electron chi connectivity index (χ3n) is 5.60. The first kappa shape index (κ1) is 22.4. The Morgan fingerprint density at radius 2 is 1.82 bits per heavy atom. The molecule has 0 spiro atoms. The number of carbonyl (C=O) groups excluding carboxylic acids is 1. The summed E-state index contributed by atoms with van der Waals surface area (Å²) >= 11 is 0. The first-order valence-electron chi connectivity index (χ1n) is 11.1. The summed E-state index contributed by atoms with van der Waals surface area (Å²) in [6, 6.07) is 21.5. The SMILES string of the molecule is COc1cccc(OCCCn2c(CNC(=O)c3ccc(C)cc3C)nc3ccccc32)c1. The van der Waals surface area contributed by atoms with Crippen molar-refractivity contribution in [2.24, 2.45) is 0 Å². The van der Waals surface area contributed by atoms with Gasteiger partial charge in [0.05, 0.1) is 31.3 Å². The van der Waals surface area contributed by atoms with E-state index in [0.29, 0.717) is 18.7 Å². The molecule has 3 aromatic carbocycles. The van der Waals surface area contributed by atoms with Crippen LogP contribution in [-0.4, -0.2) is 29.2 Å². The summed E-state index contributed by atoms with van der Waals surface area (Å²) in [4.78, 5) is 17.5. The van der Waals surface area contributed by atoms with Crippen molar-refractivity contribution in [1.82, 2.24) is 14.9 Å². The van der Waals surface area contributed by atoms with Crippen LogP contribution in [0.5, 0.6) is 11.5 Å². The lowest BCUT2D eigenvalue weighted by Crippen LogP contribution is -2.25. The van der Waals surface area contributed by atoms with Gasteiger partial charge in [-0.3, -0.25) is 4.79 Å². The predicted molar refractivity (Wildman–Crippen MR) is 130 cm³/mol. The van der Waals surface area contributed by atoms with Crippen molar-refractivity contribution in [3.05, 3.63) is 89.2 Å². The van der Waals surface area contributed by atoms with Crippen LogP contribution < -0.4 is 14.8 Å². The van der Waals surface area contributed by atoms with Gasteiger partial charge in [-0.1, -0.05) is 35.9 Å². The van der Waals surface area contributed by atoms with Gasteiger partial charge in [-0.25, -0.2) is 4.98 Å². The number of fused-ring (bicyclic) bond motifs is 1. The number of amides is 1. The van der Waals surface area contributed by atoms with E-state index in [1.54, 1.807) is 7.11 Å². The van der Waals surface area contributed by atoms with Crippen LogP contribution in [0.1, 0.15) is 33.7 Å². The standard InChI is InChI=1S/C27H29N3O3/c1-19-12-13-23(20(2)16-19)27(31)28-18-26-29-24-10-4-5-11-25(24)30(26)14-7-15-33-22-9-6-8-21(17-22)32-3/h4-6,8-13,16-17H,7,14-15,18H2,1-3H3,(H,28,31). The van der Waals surface area contributed by atoms with Crippen molar-refractivity contribution in [2.75, 3.05) is 13.7 Å². The van der Waals surface area contributed by atoms with Crippen molar-refractivity contribution < 1.29 is 14.3 Å². The molecule has 170 valence electrons. The maximum Gasteiger partial charge on any atom is 0.251 e. The molecule has 33 heavy (non-hydrogen) atoms. The van der Waals surface area contributed by atoms with Gasteiger partial charge in [0.1, 0.15) is 17.3 Å². The topological polar surface area (TPSA) is 65.4 Å². The fourth-order valence-corrected chi connectivity index (χ4v) is 3.94. The fourth-order valence-electron chi connectivity index (χ4n) is 3.94. The summed E-state index contributed by atoms with van der Waals surface area (Å²) in [5.74, 6) is 2.30. The van der Waals surface area contributed by atoms with E-state index in [9.17, 15) is 4.79 Å². The zero-order chi connectivity index (χ0) is 23.2. The second kappa shape index (κ2) is 10.2. The number of benzene rings is 3. The lowest BCUT2D eigenvalue weighted by Gasteiger charge is -2.12. The highest BCUT2D eigenvalue weighted by Crippen LogP contribution is 2.20. The van der Waals surface area contributed by atoms with Crippen LogP contribution in [0.15, 0.2) is 66.7 Å². The van der Waals surface area contributed by atoms with Gasteiger partial charge >= 0.3 is 0 Å². The molecule has 0 radical (unpaired) electrons. The van der Waals surface area contributed by atoms with E-state index in [4.69, 9.17) is 14.5 Å². The average Bonchev–Trinajstić information content (AvgIpc) is 3.18. The van der Waals surface area contributed by atoms with Crippen LogP contribution in [0.2, 0.25) is 0 Å². The largest absolute Gasteiger partial charge is 0.497 e. The fraction of sp³-hybridized carbons (Fsp3) is 0.259.